The Morgan fingerprint density at radius 3 is 2.17 bits per heavy atom. The van der Waals surface area contributed by atoms with Crippen LogP contribution in [0.1, 0.15) is 33.3 Å². The molecule has 0 bridgehead atoms. The van der Waals surface area contributed by atoms with Gasteiger partial charge in [-0.2, -0.15) is 0 Å². The third-order valence-corrected chi connectivity index (χ3v) is 2.32. The first-order chi connectivity index (χ1) is 8.31. The zero-order chi connectivity index (χ0) is 13.8. The second-order valence-electron chi connectivity index (χ2n) is 5.17. The van der Waals surface area contributed by atoms with Crippen LogP contribution in [0.3, 0.4) is 0 Å². The maximum absolute atomic E-state index is 11.1. The molecule has 0 atom stereocenters. The average molecular weight is 242 g/mol. The van der Waals surface area contributed by atoms with Crippen molar-refractivity contribution in [3.05, 3.63) is 41.5 Å². The van der Waals surface area contributed by atoms with Crippen molar-refractivity contribution >= 4 is 11.5 Å². The minimum atomic E-state index is -0.933. The van der Waals surface area contributed by atoms with Crippen molar-refractivity contribution in [2.75, 3.05) is 0 Å². The van der Waals surface area contributed by atoms with Crippen molar-refractivity contribution in [2.24, 2.45) is 5.41 Å². The molecule has 0 aliphatic rings. The van der Waals surface area contributed by atoms with Gasteiger partial charge in [0.05, 0.1) is 5.57 Å². The lowest BCUT2D eigenvalue weighted by atomic mass is 9.95. The van der Waals surface area contributed by atoms with E-state index >= 15 is 0 Å². The molecule has 18 heavy (non-hydrogen) atoms. The summed E-state index contributed by atoms with van der Waals surface area (Å²) in [5.41, 5.74) is 1.55. The zero-order valence-electron chi connectivity index (χ0n) is 11.2. The van der Waals surface area contributed by atoms with Gasteiger partial charge in [0.15, 0.2) is 0 Å². The predicted octanol–water partition coefficient (Wildman–Crippen LogP) is 3.59. The van der Waals surface area contributed by atoms with Crippen LogP contribution in [0, 0.1) is 17.3 Å². The lowest BCUT2D eigenvalue weighted by molar-refractivity contribution is -0.132. The Kier molecular flexibility index (Phi) is 4.33. The standard InChI is InChI=1S/C16H18O2/c1-12(15(17)18)14(10-11-16(2,3)4)13-8-6-5-7-9-13/h5-9H,1-4H3,(H,17,18)/b14-12+. The fourth-order valence-corrected chi connectivity index (χ4v) is 1.34. The number of carboxylic acids is 1. The van der Waals surface area contributed by atoms with Crippen molar-refractivity contribution in [1.82, 2.24) is 0 Å². The van der Waals surface area contributed by atoms with Crippen LogP contribution in [0.15, 0.2) is 35.9 Å². The normalized spacial score (nSPS) is 12.2. The van der Waals surface area contributed by atoms with Gasteiger partial charge >= 0.3 is 5.97 Å². The van der Waals surface area contributed by atoms with Crippen LogP contribution in [0.4, 0.5) is 0 Å². The van der Waals surface area contributed by atoms with Crippen LogP contribution >= 0.6 is 0 Å². The van der Waals surface area contributed by atoms with Crippen LogP contribution in [0.5, 0.6) is 0 Å². The van der Waals surface area contributed by atoms with Crippen LogP contribution < -0.4 is 0 Å². The first-order valence-electron chi connectivity index (χ1n) is 5.84. The number of rotatable bonds is 2. The van der Waals surface area contributed by atoms with Gasteiger partial charge in [-0.1, -0.05) is 42.2 Å². The Morgan fingerprint density at radius 1 is 1.17 bits per heavy atom. The third kappa shape index (κ3) is 4.10. The third-order valence-electron chi connectivity index (χ3n) is 2.32. The van der Waals surface area contributed by atoms with E-state index < -0.39 is 5.97 Å². The Morgan fingerprint density at radius 2 is 1.72 bits per heavy atom. The lowest BCUT2D eigenvalue weighted by Gasteiger charge is -2.09. The molecule has 1 aromatic carbocycles. The van der Waals surface area contributed by atoms with E-state index in [1.807, 2.05) is 51.1 Å². The molecule has 0 heterocycles. The van der Waals surface area contributed by atoms with Gasteiger partial charge in [-0.25, -0.2) is 4.79 Å². The summed E-state index contributed by atoms with van der Waals surface area (Å²) in [4.78, 5) is 11.1. The van der Waals surface area contributed by atoms with Gasteiger partial charge in [-0.3, -0.25) is 0 Å². The summed E-state index contributed by atoms with van der Waals surface area (Å²) in [5.74, 6) is 5.16. The molecule has 2 nitrogen and oxygen atoms in total. The van der Waals surface area contributed by atoms with E-state index in [0.29, 0.717) is 5.57 Å². The molecule has 0 saturated heterocycles. The lowest BCUT2D eigenvalue weighted by Crippen LogP contribution is -2.02. The largest absolute Gasteiger partial charge is 0.478 e. The van der Waals surface area contributed by atoms with E-state index in [2.05, 4.69) is 11.8 Å². The van der Waals surface area contributed by atoms with Crippen LogP contribution in [-0.2, 0) is 4.79 Å². The van der Waals surface area contributed by atoms with Gasteiger partial charge < -0.3 is 5.11 Å². The van der Waals surface area contributed by atoms with Crippen molar-refractivity contribution in [3.8, 4) is 11.8 Å². The van der Waals surface area contributed by atoms with E-state index in [-0.39, 0.29) is 11.0 Å². The van der Waals surface area contributed by atoms with Crippen molar-refractivity contribution < 1.29 is 9.90 Å². The van der Waals surface area contributed by atoms with Gasteiger partial charge in [0.1, 0.15) is 0 Å². The molecular weight excluding hydrogens is 224 g/mol. The molecule has 0 aliphatic heterocycles. The Balaban J connectivity index is 3.33. The molecule has 2 heteroatoms. The highest BCUT2D eigenvalue weighted by molar-refractivity contribution is 6.00. The monoisotopic (exact) mass is 242 g/mol. The molecule has 94 valence electrons. The zero-order valence-corrected chi connectivity index (χ0v) is 11.2. The van der Waals surface area contributed by atoms with Crippen LogP contribution in [0.25, 0.3) is 5.57 Å². The summed E-state index contributed by atoms with van der Waals surface area (Å²) in [6, 6.07) is 9.40. The fourth-order valence-electron chi connectivity index (χ4n) is 1.34. The average Bonchev–Trinajstić information content (AvgIpc) is 2.28. The number of aliphatic carboxylic acids is 1. The van der Waals surface area contributed by atoms with Crippen molar-refractivity contribution in [2.45, 2.75) is 27.7 Å². The summed E-state index contributed by atoms with van der Waals surface area (Å²) < 4.78 is 0. The SMILES string of the molecule is C/C(C(=O)O)=C(/C#CC(C)(C)C)c1ccccc1. The highest BCUT2D eigenvalue weighted by atomic mass is 16.4. The summed E-state index contributed by atoms with van der Waals surface area (Å²) in [5, 5.41) is 9.12. The van der Waals surface area contributed by atoms with E-state index in [1.54, 1.807) is 6.92 Å². The Hall–Kier alpha value is -2.01. The molecule has 0 fully saturated rings. The van der Waals surface area contributed by atoms with E-state index in [1.165, 1.54) is 0 Å². The number of hydrogen-bond donors (Lipinski definition) is 1. The van der Waals surface area contributed by atoms with Crippen LogP contribution in [0.2, 0.25) is 0 Å². The summed E-state index contributed by atoms with van der Waals surface area (Å²) in [7, 11) is 0. The van der Waals surface area contributed by atoms with Crippen molar-refractivity contribution in [1.29, 1.82) is 0 Å². The number of carboxylic acid groups (broad SMARTS) is 1. The topological polar surface area (TPSA) is 37.3 Å². The fraction of sp³-hybridized carbons (Fsp3) is 0.312. The van der Waals surface area contributed by atoms with Gasteiger partial charge in [-0.15, -0.1) is 0 Å². The van der Waals surface area contributed by atoms with E-state index in [9.17, 15) is 4.79 Å². The van der Waals surface area contributed by atoms with Gasteiger partial charge in [-0.05, 0) is 33.3 Å². The molecule has 0 radical (unpaired) electrons. The molecular formula is C16H18O2. The first kappa shape index (κ1) is 14.1. The number of benzene rings is 1. The minimum Gasteiger partial charge on any atom is -0.478 e. The summed E-state index contributed by atoms with van der Waals surface area (Å²) in [6.07, 6.45) is 0. The first-order valence-corrected chi connectivity index (χ1v) is 5.84. The molecule has 0 spiro atoms. The molecule has 0 amide bonds. The second-order valence-corrected chi connectivity index (χ2v) is 5.17. The predicted molar refractivity (Wildman–Crippen MR) is 73.9 cm³/mol. The smallest absolute Gasteiger partial charge is 0.332 e. The number of allylic oxidation sites excluding steroid dienone is 1. The quantitative estimate of drug-likeness (QED) is 0.635. The summed E-state index contributed by atoms with van der Waals surface area (Å²) >= 11 is 0. The molecule has 0 unspecified atom stereocenters. The highest BCUT2D eigenvalue weighted by Crippen LogP contribution is 2.19. The van der Waals surface area contributed by atoms with Gasteiger partial charge in [0.2, 0.25) is 0 Å². The summed E-state index contributed by atoms with van der Waals surface area (Å²) in [6.45, 7) is 7.58. The molecule has 0 aliphatic carbocycles. The van der Waals surface area contributed by atoms with Gasteiger partial charge in [0, 0.05) is 11.0 Å². The van der Waals surface area contributed by atoms with Gasteiger partial charge in [0.25, 0.3) is 0 Å². The molecule has 0 saturated carbocycles. The number of carbonyl (C=O) groups is 1. The number of hydrogen-bond acceptors (Lipinski definition) is 1. The highest BCUT2D eigenvalue weighted by Gasteiger charge is 2.10. The van der Waals surface area contributed by atoms with E-state index in [4.69, 9.17) is 5.11 Å². The maximum atomic E-state index is 11.1. The molecule has 1 rings (SSSR count). The van der Waals surface area contributed by atoms with E-state index in [0.717, 1.165) is 5.56 Å². The maximum Gasteiger partial charge on any atom is 0.332 e. The molecule has 1 aromatic rings. The van der Waals surface area contributed by atoms with Crippen molar-refractivity contribution in [3.63, 3.8) is 0 Å². The van der Waals surface area contributed by atoms with Crippen LogP contribution in [-0.4, -0.2) is 11.1 Å². The Bertz CT molecular complexity index is 520. The molecule has 1 N–H and O–H groups in total. The Labute approximate surface area is 108 Å². The molecule has 0 aromatic heterocycles. The minimum absolute atomic E-state index is 0.154. The second kappa shape index (κ2) is 5.55.